The van der Waals surface area contributed by atoms with Crippen LogP contribution < -0.4 is 0 Å². The minimum Gasteiger partial charge on any atom is -0.479 e. The summed E-state index contributed by atoms with van der Waals surface area (Å²) in [6.45, 7) is 0. The van der Waals surface area contributed by atoms with Crippen LogP contribution in [-0.2, 0) is 9.59 Å². The van der Waals surface area contributed by atoms with Crippen molar-refractivity contribution >= 4 is 12.4 Å². The molecule has 2 rings (SSSR count). The van der Waals surface area contributed by atoms with Gasteiger partial charge in [0.15, 0.2) is 6.04 Å². The summed E-state index contributed by atoms with van der Waals surface area (Å²) in [6, 6.07) is 1.24. The fourth-order valence-corrected chi connectivity index (χ4v) is 1.90. The van der Waals surface area contributed by atoms with E-state index in [1.807, 2.05) is 0 Å². The summed E-state index contributed by atoms with van der Waals surface area (Å²) in [4.78, 5) is 23.1. The van der Waals surface area contributed by atoms with Crippen LogP contribution in [0.1, 0.15) is 24.4 Å². The topological polar surface area (TPSA) is 57.6 Å². The van der Waals surface area contributed by atoms with Gasteiger partial charge in [0.2, 0.25) is 6.41 Å². The van der Waals surface area contributed by atoms with Crippen molar-refractivity contribution in [1.82, 2.24) is 4.90 Å². The van der Waals surface area contributed by atoms with Gasteiger partial charge in [0, 0.05) is 6.04 Å². The fourth-order valence-electron chi connectivity index (χ4n) is 1.90. The minimum absolute atomic E-state index is 0.248. The number of rotatable bonds is 5. The summed E-state index contributed by atoms with van der Waals surface area (Å²) < 4.78 is 27.2. The third-order valence-corrected chi connectivity index (χ3v) is 2.90. The highest BCUT2D eigenvalue weighted by molar-refractivity contribution is 5.78. The van der Waals surface area contributed by atoms with Crippen molar-refractivity contribution < 1.29 is 23.5 Å². The highest BCUT2D eigenvalue weighted by Crippen LogP contribution is 2.35. The van der Waals surface area contributed by atoms with E-state index in [1.165, 1.54) is 0 Å². The molecule has 0 heterocycles. The molecule has 4 nitrogen and oxygen atoms in total. The molecule has 0 bridgehead atoms. The predicted octanol–water partition coefficient (Wildman–Crippen LogP) is 1.71. The summed E-state index contributed by atoms with van der Waals surface area (Å²) >= 11 is 0. The van der Waals surface area contributed by atoms with Crippen molar-refractivity contribution in [2.75, 3.05) is 0 Å². The van der Waals surface area contributed by atoms with Crippen LogP contribution >= 0.6 is 0 Å². The van der Waals surface area contributed by atoms with Gasteiger partial charge in [-0.15, -0.1) is 0 Å². The first kappa shape index (κ1) is 12.5. The molecule has 1 atom stereocenters. The molecular formula is C12H11F2NO3. The number of aliphatic carboxylic acids is 1. The molecule has 1 aliphatic carbocycles. The first-order valence-electron chi connectivity index (χ1n) is 5.45. The van der Waals surface area contributed by atoms with Gasteiger partial charge in [-0.05, 0) is 25.0 Å². The number of benzene rings is 1. The third kappa shape index (κ3) is 2.18. The van der Waals surface area contributed by atoms with Gasteiger partial charge in [0.05, 0.1) is 5.56 Å². The molecule has 1 amide bonds. The van der Waals surface area contributed by atoms with Gasteiger partial charge in [-0.3, -0.25) is 4.79 Å². The zero-order valence-corrected chi connectivity index (χ0v) is 9.35. The van der Waals surface area contributed by atoms with E-state index >= 15 is 0 Å². The van der Waals surface area contributed by atoms with Crippen molar-refractivity contribution in [3.05, 3.63) is 35.4 Å². The van der Waals surface area contributed by atoms with Crippen LogP contribution in [0.5, 0.6) is 0 Å². The summed E-state index contributed by atoms with van der Waals surface area (Å²) in [5.41, 5.74) is -0.594. The van der Waals surface area contributed by atoms with Crippen LogP contribution in [0.3, 0.4) is 0 Å². The Morgan fingerprint density at radius 2 is 1.94 bits per heavy atom. The van der Waals surface area contributed by atoms with Crippen LogP contribution in [-0.4, -0.2) is 28.4 Å². The maximum absolute atomic E-state index is 13.6. The SMILES string of the molecule is O=CN(C1CC1)C(C(=O)O)c1c(F)cccc1F. The number of halogens is 2. The number of carbonyl (C=O) groups excluding carboxylic acids is 1. The maximum Gasteiger partial charge on any atom is 0.331 e. The van der Waals surface area contributed by atoms with E-state index in [0.29, 0.717) is 19.3 Å². The number of carbonyl (C=O) groups is 2. The molecule has 0 saturated heterocycles. The highest BCUT2D eigenvalue weighted by Gasteiger charge is 2.39. The molecule has 96 valence electrons. The van der Waals surface area contributed by atoms with E-state index in [2.05, 4.69) is 0 Å². The van der Waals surface area contributed by atoms with E-state index in [-0.39, 0.29) is 6.04 Å². The van der Waals surface area contributed by atoms with Gasteiger partial charge in [-0.25, -0.2) is 13.6 Å². The predicted molar refractivity (Wildman–Crippen MR) is 57.7 cm³/mol. The van der Waals surface area contributed by atoms with Gasteiger partial charge in [-0.1, -0.05) is 6.07 Å². The Bertz CT molecular complexity index is 468. The molecule has 0 aromatic heterocycles. The van der Waals surface area contributed by atoms with Crippen LogP contribution in [0.4, 0.5) is 8.78 Å². The Morgan fingerprint density at radius 3 is 2.33 bits per heavy atom. The zero-order chi connectivity index (χ0) is 13.3. The molecule has 1 aliphatic rings. The summed E-state index contributed by atoms with van der Waals surface area (Å²) in [5.74, 6) is -3.37. The molecule has 0 aliphatic heterocycles. The van der Waals surface area contributed by atoms with E-state index in [4.69, 9.17) is 5.11 Å². The molecule has 1 aromatic carbocycles. The number of hydrogen-bond donors (Lipinski definition) is 1. The van der Waals surface area contributed by atoms with Crippen LogP contribution in [0.2, 0.25) is 0 Å². The highest BCUT2D eigenvalue weighted by atomic mass is 19.1. The standard InChI is InChI=1S/C12H11F2NO3/c13-8-2-1-3-9(14)10(8)11(12(17)18)15(6-16)7-4-5-7/h1-3,6-7,11H,4-5H2,(H,17,18). The van der Waals surface area contributed by atoms with E-state index in [9.17, 15) is 18.4 Å². The number of carboxylic acids is 1. The van der Waals surface area contributed by atoms with Gasteiger partial charge in [0.1, 0.15) is 11.6 Å². The van der Waals surface area contributed by atoms with Crippen LogP contribution in [0.15, 0.2) is 18.2 Å². The second-order valence-electron chi connectivity index (χ2n) is 4.16. The van der Waals surface area contributed by atoms with Crippen molar-refractivity contribution in [1.29, 1.82) is 0 Å². The first-order valence-corrected chi connectivity index (χ1v) is 5.45. The monoisotopic (exact) mass is 255 g/mol. The van der Waals surface area contributed by atoms with Gasteiger partial charge in [0.25, 0.3) is 0 Å². The summed E-state index contributed by atoms with van der Waals surface area (Å²) in [6.07, 6.45) is 1.64. The Morgan fingerprint density at radius 1 is 1.39 bits per heavy atom. The third-order valence-electron chi connectivity index (χ3n) is 2.90. The van der Waals surface area contributed by atoms with E-state index in [0.717, 1.165) is 23.1 Å². The Kier molecular flexibility index (Phi) is 3.27. The van der Waals surface area contributed by atoms with E-state index < -0.39 is 29.2 Å². The number of hydrogen-bond acceptors (Lipinski definition) is 2. The largest absolute Gasteiger partial charge is 0.479 e. The van der Waals surface area contributed by atoms with Gasteiger partial charge >= 0.3 is 5.97 Å². The van der Waals surface area contributed by atoms with E-state index in [1.54, 1.807) is 0 Å². The van der Waals surface area contributed by atoms with Crippen molar-refractivity contribution in [2.24, 2.45) is 0 Å². The van der Waals surface area contributed by atoms with Crippen LogP contribution in [0, 0.1) is 11.6 Å². The number of nitrogens with zero attached hydrogens (tertiary/aromatic N) is 1. The lowest BCUT2D eigenvalue weighted by Gasteiger charge is -2.25. The van der Waals surface area contributed by atoms with Gasteiger partial charge < -0.3 is 10.0 Å². The molecule has 1 saturated carbocycles. The Balaban J connectivity index is 2.46. The smallest absolute Gasteiger partial charge is 0.331 e. The number of amides is 1. The fraction of sp³-hybridized carbons (Fsp3) is 0.333. The second-order valence-corrected chi connectivity index (χ2v) is 4.16. The molecule has 0 radical (unpaired) electrons. The summed E-state index contributed by atoms with van der Waals surface area (Å²) in [7, 11) is 0. The Labute approximate surface area is 102 Å². The normalized spacial score (nSPS) is 16.1. The molecule has 18 heavy (non-hydrogen) atoms. The number of carboxylic acid groups (broad SMARTS) is 1. The summed E-state index contributed by atoms with van der Waals surface area (Å²) in [5, 5.41) is 9.12. The van der Waals surface area contributed by atoms with Crippen molar-refractivity contribution in [3.63, 3.8) is 0 Å². The first-order chi connectivity index (χ1) is 8.56. The molecule has 0 spiro atoms. The average molecular weight is 255 g/mol. The zero-order valence-electron chi connectivity index (χ0n) is 9.35. The lowest BCUT2D eigenvalue weighted by molar-refractivity contribution is -0.147. The lowest BCUT2D eigenvalue weighted by atomic mass is 10.0. The Hall–Kier alpha value is -1.98. The molecule has 1 aromatic rings. The van der Waals surface area contributed by atoms with Gasteiger partial charge in [-0.2, -0.15) is 0 Å². The van der Waals surface area contributed by atoms with Crippen LogP contribution in [0.25, 0.3) is 0 Å². The average Bonchev–Trinajstić information content (AvgIpc) is 3.11. The molecule has 1 fully saturated rings. The maximum atomic E-state index is 13.6. The minimum atomic E-state index is -1.61. The molecule has 1 unspecified atom stereocenters. The molecule has 1 N–H and O–H groups in total. The van der Waals surface area contributed by atoms with Crippen molar-refractivity contribution in [3.8, 4) is 0 Å². The second kappa shape index (κ2) is 4.72. The molecule has 6 heteroatoms. The van der Waals surface area contributed by atoms with Crippen molar-refractivity contribution in [2.45, 2.75) is 24.9 Å². The lowest BCUT2D eigenvalue weighted by Crippen LogP contribution is -2.36. The quantitative estimate of drug-likeness (QED) is 0.815. The molecular weight excluding hydrogens is 244 g/mol.